The maximum absolute atomic E-state index is 11.5. The SMILES string of the molecule is CC(C)(CNc1ncc([N+](=O)[O-])cc1Cl)S(C)(=O)=O. The third kappa shape index (κ3) is 3.77. The number of anilines is 1. The van der Waals surface area contributed by atoms with E-state index in [9.17, 15) is 18.5 Å². The van der Waals surface area contributed by atoms with Crippen molar-refractivity contribution in [2.24, 2.45) is 0 Å². The second-order valence-corrected chi connectivity index (χ2v) is 7.72. The van der Waals surface area contributed by atoms with Crippen molar-refractivity contribution in [1.82, 2.24) is 4.98 Å². The number of nitrogens with one attached hydrogen (secondary N) is 1. The summed E-state index contributed by atoms with van der Waals surface area (Å²) >= 11 is 5.84. The summed E-state index contributed by atoms with van der Waals surface area (Å²) in [6.07, 6.45) is 2.20. The van der Waals surface area contributed by atoms with Crippen LogP contribution in [0.3, 0.4) is 0 Å². The maximum atomic E-state index is 11.5. The molecule has 9 heteroatoms. The fourth-order valence-corrected chi connectivity index (χ4v) is 1.65. The first-order valence-electron chi connectivity index (χ1n) is 5.28. The normalized spacial score (nSPS) is 12.2. The third-order valence-electron chi connectivity index (χ3n) is 2.72. The van der Waals surface area contributed by atoms with Crippen LogP contribution >= 0.6 is 11.6 Å². The number of nitrogens with zero attached hydrogens (tertiary/aromatic N) is 2. The highest BCUT2D eigenvalue weighted by atomic mass is 35.5. The number of aromatic nitrogens is 1. The molecule has 0 saturated heterocycles. The zero-order chi connectivity index (χ0) is 14.8. The van der Waals surface area contributed by atoms with Gasteiger partial charge in [-0.15, -0.1) is 0 Å². The quantitative estimate of drug-likeness (QED) is 0.658. The molecule has 106 valence electrons. The summed E-state index contributed by atoms with van der Waals surface area (Å²) in [5, 5.41) is 13.4. The molecule has 1 N–H and O–H groups in total. The van der Waals surface area contributed by atoms with Gasteiger partial charge in [-0.1, -0.05) is 11.6 Å². The van der Waals surface area contributed by atoms with E-state index in [1.54, 1.807) is 13.8 Å². The second-order valence-electron chi connectivity index (χ2n) is 4.67. The summed E-state index contributed by atoms with van der Waals surface area (Å²) in [5.74, 6) is 0.212. The molecule has 1 aromatic rings. The Morgan fingerprint density at radius 3 is 2.53 bits per heavy atom. The Kier molecular flexibility index (Phi) is 4.36. The first-order chi connectivity index (χ1) is 8.54. The molecular weight excluding hydrogens is 294 g/mol. The summed E-state index contributed by atoms with van der Waals surface area (Å²) in [7, 11) is -3.25. The first kappa shape index (κ1) is 15.6. The highest BCUT2D eigenvalue weighted by Gasteiger charge is 2.30. The smallest absolute Gasteiger partial charge is 0.289 e. The van der Waals surface area contributed by atoms with Crippen LogP contribution in [-0.2, 0) is 9.84 Å². The van der Waals surface area contributed by atoms with E-state index in [1.165, 1.54) is 0 Å². The molecule has 0 aliphatic heterocycles. The fourth-order valence-electron chi connectivity index (χ4n) is 1.09. The number of halogens is 1. The van der Waals surface area contributed by atoms with Gasteiger partial charge in [-0.25, -0.2) is 13.4 Å². The van der Waals surface area contributed by atoms with Crippen LogP contribution < -0.4 is 5.32 Å². The van der Waals surface area contributed by atoms with Gasteiger partial charge in [0, 0.05) is 18.9 Å². The van der Waals surface area contributed by atoms with Crippen LogP contribution in [0.5, 0.6) is 0 Å². The largest absolute Gasteiger partial charge is 0.367 e. The van der Waals surface area contributed by atoms with Gasteiger partial charge < -0.3 is 5.32 Å². The van der Waals surface area contributed by atoms with Crippen molar-refractivity contribution >= 4 is 32.9 Å². The van der Waals surface area contributed by atoms with E-state index in [0.717, 1.165) is 18.5 Å². The van der Waals surface area contributed by atoms with Crippen LogP contribution in [0.4, 0.5) is 11.5 Å². The Morgan fingerprint density at radius 2 is 2.11 bits per heavy atom. The third-order valence-corrected chi connectivity index (χ3v) is 5.16. The lowest BCUT2D eigenvalue weighted by Gasteiger charge is -2.23. The second kappa shape index (κ2) is 5.30. The van der Waals surface area contributed by atoms with E-state index < -0.39 is 19.5 Å². The van der Waals surface area contributed by atoms with Gasteiger partial charge in [0.25, 0.3) is 5.69 Å². The van der Waals surface area contributed by atoms with Crippen molar-refractivity contribution in [3.8, 4) is 0 Å². The molecule has 7 nitrogen and oxygen atoms in total. The maximum Gasteiger partial charge on any atom is 0.289 e. The predicted octanol–water partition coefficient (Wildman–Crippen LogP) is 1.88. The summed E-state index contributed by atoms with van der Waals surface area (Å²) < 4.78 is 22.0. The van der Waals surface area contributed by atoms with Crippen LogP contribution in [0.2, 0.25) is 5.02 Å². The highest BCUT2D eigenvalue weighted by molar-refractivity contribution is 7.92. The number of hydrogen-bond donors (Lipinski definition) is 1. The molecule has 0 unspecified atom stereocenters. The van der Waals surface area contributed by atoms with Crippen LogP contribution in [0.1, 0.15) is 13.8 Å². The molecule has 0 radical (unpaired) electrons. The Morgan fingerprint density at radius 1 is 1.53 bits per heavy atom. The Balaban J connectivity index is 2.88. The molecule has 0 aromatic carbocycles. The monoisotopic (exact) mass is 307 g/mol. The summed E-state index contributed by atoms with van der Waals surface area (Å²) in [5.41, 5.74) is -0.224. The van der Waals surface area contributed by atoms with Gasteiger partial charge in [0.2, 0.25) is 0 Å². The van der Waals surface area contributed by atoms with E-state index in [1.807, 2.05) is 0 Å². The van der Waals surface area contributed by atoms with Crippen molar-refractivity contribution in [3.05, 3.63) is 27.4 Å². The van der Waals surface area contributed by atoms with Gasteiger partial charge in [0.05, 0.1) is 14.7 Å². The number of sulfone groups is 1. The van der Waals surface area contributed by atoms with E-state index in [0.29, 0.717) is 0 Å². The molecule has 0 atom stereocenters. The molecule has 0 aliphatic rings. The molecule has 0 amide bonds. The number of hydrogen-bond acceptors (Lipinski definition) is 6. The van der Waals surface area contributed by atoms with Crippen LogP contribution in [0, 0.1) is 10.1 Å². The Bertz CT molecular complexity index is 601. The molecule has 1 rings (SSSR count). The predicted molar refractivity (Wildman–Crippen MR) is 73.3 cm³/mol. The van der Waals surface area contributed by atoms with E-state index in [2.05, 4.69) is 10.3 Å². The van der Waals surface area contributed by atoms with Crippen molar-refractivity contribution < 1.29 is 13.3 Å². The Hall–Kier alpha value is -1.41. The van der Waals surface area contributed by atoms with E-state index in [-0.39, 0.29) is 23.1 Å². The molecule has 1 heterocycles. The van der Waals surface area contributed by atoms with Crippen molar-refractivity contribution in [2.45, 2.75) is 18.6 Å². The average Bonchev–Trinajstić information content (AvgIpc) is 2.25. The minimum absolute atomic E-state index is 0.0681. The first-order valence-corrected chi connectivity index (χ1v) is 7.55. The molecule has 1 aromatic heterocycles. The van der Waals surface area contributed by atoms with Crippen LogP contribution in [0.25, 0.3) is 0 Å². The van der Waals surface area contributed by atoms with Gasteiger partial charge in [-0.05, 0) is 13.8 Å². The number of nitro groups is 1. The molecule has 19 heavy (non-hydrogen) atoms. The highest BCUT2D eigenvalue weighted by Crippen LogP contribution is 2.25. The van der Waals surface area contributed by atoms with Gasteiger partial charge in [0.15, 0.2) is 9.84 Å². The van der Waals surface area contributed by atoms with Gasteiger partial charge in [-0.2, -0.15) is 0 Å². The molecular formula is C10H14ClN3O4S. The van der Waals surface area contributed by atoms with Crippen molar-refractivity contribution in [3.63, 3.8) is 0 Å². The summed E-state index contributed by atoms with van der Waals surface area (Å²) in [6, 6.07) is 1.16. The lowest BCUT2D eigenvalue weighted by Crippen LogP contribution is -2.38. The van der Waals surface area contributed by atoms with Gasteiger partial charge in [-0.3, -0.25) is 10.1 Å². The van der Waals surface area contributed by atoms with Crippen LogP contribution in [0.15, 0.2) is 12.3 Å². The standard InChI is InChI=1S/C10H14ClN3O4S/c1-10(2,19(3,17)18)6-13-9-8(11)4-7(5-12-9)14(15)16/h4-5H,6H2,1-3H3,(H,12,13). The summed E-state index contributed by atoms with van der Waals surface area (Å²) in [6.45, 7) is 3.22. The molecule has 0 spiro atoms. The Labute approximate surface area is 116 Å². The number of rotatable bonds is 5. The van der Waals surface area contributed by atoms with Gasteiger partial charge in [0.1, 0.15) is 12.0 Å². The summed E-state index contributed by atoms with van der Waals surface area (Å²) in [4.78, 5) is 13.7. The minimum Gasteiger partial charge on any atom is -0.367 e. The average molecular weight is 308 g/mol. The number of pyridine rings is 1. The van der Waals surface area contributed by atoms with E-state index >= 15 is 0 Å². The van der Waals surface area contributed by atoms with Crippen LogP contribution in [-0.4, -0.2) is 35.9 Å². The molecule has 0 fully saturated rings. The molecule has 0 aliphatic carbocycles. The van der Waals surface area contributed by atoms with E-state index in [4.69, 9.17) is 11.6 Å². The lowest BCUT2D eigenvalue weighted by atomic mass is 10.2. The molecule has 0 bridgehead atoms. The topological polar surface area (TPSA) is 102 Å². The molecule has 0 saturated carbocycles. The zero-order valence-corrected chi connectivity index (χ0v) is 12.2. The van der Waals surface area contributed by atoms with Crippen molar-refractivity contribution in [2.75, 3.05) is 18.1 Å². The van der Waals surface area contributed by atoms with Crippen molar-refractivity contribution in [1.29, 1.82) is 0 Å². The van der Waals surface area contributed by atoms with Gasteiger partial charge >= 0.3 is 0 Å². The zero-order valence-electron chi connectivity index (χ0n) is 10.7. The fraction of sp³-hybridized carbons (Fsp3) is 0.500. The minimum atomic E-state index is -3.25. The lowest BCUT2D eigenvalue weighted by molar-refractivity contribution is -0.385.